The Balaban J connectivity index is 1.55. The number of hydrogen-bond acceptors (Lipinski definition) is 5. The molecule has 202 valence electrons. The molecular formula is C29H29FN4O5. The molecule has 0 aliphatic carbocycles. The molecule has 0 saturated heterocycles. The van der Waals surface area contributed by atoms with Gasteiger partial charge in [-0.05, 0) is 43.2 Å². The van der Waals surface area contributed by atoms with Crippen molar-refractivity contribution in [3.8, 4) is 5.75 Å². The van der Waals surface area contributed by atoms with Crippen molar-refractivity contribution in [2.45, 2.75) is 33.4 Å². The van der Waals surface area contributed by atoms with Crippen molar-refractivity contribution in [2.24, 2.45) is 0 Å². The topological polar surface area (TPSA) is 113 Å². The van der Waals surface area contributed by atoms with Crippen LogP contribution in [0.15, 0.2) is 76.7 Å². The first kappa shape index (κ1) is 27.3. The molecule has 2 amide bonds. The van der Waals surface area contributed by atoms with Gasteiger partial charge in [-0.3, -0.25) is 19.2 Å². The van der Waals surface area contributed by atoms with Gasteiger partial charge in [-0.25, -0.2) is 4.39 Å². The van der Waals surface area contributed by atoms with Crippen LogP contribution in [0.3, 0.4) is 0 Å². The first-order chi connectivity index (χ1) is 18.7. The normalized spacial score (nSPS) is 10.9. The van der Waals surface area contributed by atoms with E-state index >= 15 is 0 Å². The van der Waals surface area contributed by atoms with Crippen molar-refractivity contribution >= 4 is 17.3 Å². The second kappa shape index (κ2) is 11.8. The van der Waals surface area contributed by atoms with E-state index in [1.807, 2.05) is 32.0 Å². The number of hydrogen-bond donors (Lipinski definition) is 2. The zero-order valence-electron chi connectivity index (χ0n) is 21.7. The Labute approximate surface area is 223 Å². The molecule has 0 bridgehead atoms. The third kappa shape index (κ3) is 6.06. The zero-order chi connectivity index (χ0) is 28.1. The third-order valence-corrected chi connectivity index (χ3v) is 6.35. The van der Waals surface area contributed by atoms with Crippen LogP contribution in [0.25, 0.3) is 5.52 Å². The fraction of sp³-hybridized carbons (Fsp3) is 0.241. The van der Waals surface area contributed by atoms with Crippen LogP contribution < -0.4 is 16.3 Å². The third-order valence-electron chi connectivity index (χ3n) is 6.35. The van der Waals surface area contributed by atoms with Crippen molar-refractivity contribution < 1.29 is 19.1 Å². The number of nitrogens with one attached hydrogen (secondary N) is 1. The Morgan fingerprint density at radius 2 is 1.79 bits per heavy atom. The van der Waals surface area contributed by atoms with Gasteiger partial charge in [-0.15, -0.1) is 0 Å². The van der Waals surface area contributed by atoms with Crippen LogP contribution in [-0.2, 0) is 13.1 Å². The van der Waals surface area contributed by atoms with E-state index in [9.17, 15) is 28.7 Å². The number of carbonyl (C=O) groups is 2. The lowest BCUT2D eigenvalue weighted by atomic mass is 10.1. The molecule has 0 unspecified atom stereocenters. The van der Waals surface area contributed by atoms with Crippen LogP contribution in [0.5, 0.6) is 5.75 Å². The Morgan fingerprint density at radius 3 is 2.49 bits per heavy atom. The van der Waals surface area contributed by atoms with Gasteiger partial charge in [0.25, 0.3) is 17.4 Å². The summed E-state index contributed by atoms with van der Waals surface area (Å²) in [7, 11) is 0. The number of rotatable bonds is 9. The fourth-order valence-corrected chi connectivity index (χ4v) is 4.30. The minimum Gasteiger partial charge on any atom is -0.503 e. The number of fused-ring (bicyclic) bond motifs is 1. The molecule has 0 spiro atoms. The molecule has 2 aromatic carbocycles. The van der Waals surface area contributed by atoms with Crippen LogP contribution in [-0.4, -0.2) is 43.9 Å². The number of aryl methyl sites for hydroxylation is 1. The number of halogens is 1. The van der Waals surface area contributed by atoms with Gasteiger partial charge >= 0.3 is 0 Å². The minimum atomic E-state index is -0.983. The highest BCUT2D eigenvalue weighted by atomic mass is 19.1. The number of aromatic hydroxyl groups is 1. The molecule has 0 aliphatic rings. The van der Waals surface area contributed by atoms with Crippen LogP contribution in [0.2, 0.25) is 0 Å². The summed E-state index contributed by atoms with van der Waals surface area (Å²) in [6, 6.07) is 12.8. The Bertz CT molecular complexity index is 1640. The molecule has 0 atom stereocenters. The van der Waals surface area contributed by atoms with E-state index in [1.165, 1.54) is 51.8 Å². The van der Waals surface area contributed by atoms with Crippen molar-refractivity contribution in [1.82, 2.24) is 19.2 Å². The van der Waals surface area contributed by atoms with E-state index in [4.69, 9.17) is 0 Å². The standard InChI is InChI=1S/C29H29FN4O5/c1-3-11-32(28(38)21-6-4-5-19(2)16-21)12-13-33-14-15-34-18-23(25(35)26(36)24(34)29(33)39)27(37)31-17-20-7-9-22(30)10-8-20/h4-10,14-16,18,36H,3,11-13,17H2,1-2H3,(H,31,37). The van der Waals surface area contributed by atoms with E-state index in [1.54, 1.807) is 11.0 Å². The molecule has 2 N–H and O–H groups in total. The second-order valence-corrected chi connectivity index (χ2v) is 9.24. The zero-order valence-corrected chi connectivity index (χ0v) is 21.7. The maximum absolute atomic E-state index is 13.2. The summed E-state index contributed by atoms with van der Waals surface area (Å²) in [6.45, 7) is 4.78. The highest BCUT2D eigenvalue weighted by Gasteiger charge is 2.20. The highest BCUT2D eigenvalue weighted by molar-refractivity contribution is 5.95. The largest absolute Gasteiger partial charge is 0.503 e. The molecule has 4 rings (SSSR count). The van der Waals surface area contributed by atoms with Gasteiger partial charge in [0.15, 0.2) is 11.3 Å². The van der Waals surface area contributed by atoms with Gasteiger partial charge < -0.3 is 24.3 Å². The number of carbonyl (C=O) groups excluding carboxylic acids is 2. The molecule has 10 heteroatoms. The molecule has 0 aliphatic heterocycles. The summed E-state index contributed by atoms with van der Waals surface area (Å²) in [4.78, 5) is 53.4. The van der Waals surface area contributed by atoms with Crippen molar-refractivity contribution in [3.05, 3.63) is 116 Å². The summed E-state index contributed by atoms with van der Waals surface area (Å²) in [5, 5.41) is 13.2. The average Bonchev–Trinajstić information content (AvgIpc) is 2.92. The molecule has 0 radical (unpaired) electrons. The molecule has 2 heterocycles. The molecule has 0 saturated carbocycles. The van der Waals surface area contributed by atoms with Gasteiger partial charge in [-0.1, -0.05) is 36.8 Å². The Morgan fingerprint density at radius 1 is 1.05 bits per heavy atom. The number of amides is 2. The van der Waals surface area contributed by atoms with Gasteiger partial charge in [0, 0.05) is 50.3 Å². The van der Waals surface area contributed by atoms with Crippen LogP contribution >= 0.6 is 0 Å². The smallest absolute Gasteiger partial charge is 0.278 e. The van der Waals surface area contributed by atoms with Gasteiger partial charge in [0.2, 0.25) is 5.43 Å². The Kier molecular flexibility index (Phi) is 8.24. The number of aromatic nitrogens is 2. The summed E-state index contributed by atoms with van der Waals surface area (Å²) >= 11 is 0. The van der Waals surface area contributed by atoms with Crippen molar-refractivity contribution in [2.75, 3.05) is 13.1 Å². The maximum Gasteiger partial charge on any atom is 0.278 e. The predicted octanol–water partition coefficient (Wildman–Crippen LogP) is 3.10. The summed E-state index contributed by atoms with van der Waals surface area (Å²) in [5.74, 6) is -2.15. The van der Waals surface area contributed by atoms with E-state index in [0.29, 0.717) is 17.7 Å². The van der Waals surface area contributed by atoms with Gasteiger partial charge in [-0.2, -0.15) is 0 Å². The van der Waals surface area contributed by atoms with E-state index in [-0.39, 0.29) is 36.6 Å². The lowest BCUT2D eigenvalue weighted by Gasteiger charge is -2.23. The number of pyridine rings is 1. The van der Waals surface area contributed by atoms with E-state index in [0.717, 1.165) is 12.0 Å². The lowest BCUT2D eigenvalue weighted by Crippen LogP contribution is -2.37. The predicted molar refractivity (Wildman–Crippen MR) is 145 cm³/mol. The van der Waals surface area contributed by atoms with Gasteiger partial charge in [0.1, 0.15) is 11.4 Å². The molecule has 4 aromatic rings. The van der Waals surface area contributed by atoms with Crippen molar-refractivity contribution in [1.29, 1.82) is 0 Å². The lowest BCUT2D eigenvalue weighted by molar-refractivity contribution is 0.0749. The monoisotopic (exact) mass is 532 g/mol. The molecule has 9 nitrogen and oxygen atoms in total. The van der Waals surface area contributed by atoms with Crippen LogP contribution in [0.4, 0.5) is 4.39 Å². The number of benzene rings is 2. The van der Waals surface area contributed by atoms with E-state index in [2.05, 4.69) is 5.32 Å². The summed E-state index contributed by atoms with van der Waals surface area (Å²) < 4.78 is 15.6. The molecule has 39 heavy (non-hydrogen) atoms. The SMILES string of the molecule is CCCN(CCn1ccn2cc(C(=O)NCc3ccc(F)cc3)c(=O)c(O)c2c1=O)C(=O)c1cccc(C)c1. The van der Waals surface area contributed by atoms with E-state index < -0.39 is 28.5 Å². The summed E-state index contributed by atoms with van der Waals surface area (Å²) in [6.07, 6.45) is 4.85. The maximum atomic E-state index is 13.2. The molecule has 0 fully saturated rings. The van der Waals surface area contributed by atoms with Crippen molar-refractivity contribution in [3.63, 3.8) is 0 Å². The first-order valence-electron chi connectivity index (χ1n) is 12.6. The first-order valence-corrected chi connectivity index (χ1v) is 12.6. The molecule has 2 aromatic heterocycles. The minimum absolute atomic E-state index is 0.0408. The number of nitrogens with zero attached hydrogens (tertiary/aromatic N) is 3. The highest BCUT2D eigenvalue weighted by Crippen LogP contribution is 2.13. The summed E-state index contributed by atoms with van der Waals surface area (Å²) in [5.41, 5.74) is -0.0905. The average molecular weight is 533 g/mol. The fourth-order valence-electron chi connectivity index (χ4n) is 4.30. The molecular weight excluding hydrogens is 503 g/mol. The second-order valence-electron chi connectivity index (χ2n) is 9.24. The van der Waals surface area contributed by atoms with Crippen LogP contribution in [0, 0.1) is 12.7 Å². The van der Waals surface area contributed by atoms with Gasteiger partial charge in [0.05, 0.1) is 0 Å². The Hall–Kier alpha value is -4.73. The van der Waals surface area contributed by atoms with Crippen LogP contribution in [0.1, 0.15) is 45.2 Å². The quantitative estimate of drug-likeness (QED) is 0.344.